The molecule has 0 aliphatic rings. The lowest BCUT2D eigenvalue weighted by atomic mass is 9.82. The topological polar surface area (TPSA) is 12.9 Å². The normalized spacial score (nSPS) is 12.4. The molecule has 0 amide bonds. The zero-order valence-corrected chi connectivity index (χ0v) is 25.0. The van der Waals surface area contributed by atoms with Crippen LogP contribution in [0.1, 0.15) is 55.5 Å². The highest BCUT2D eigenvalue weighted by Gasteiger charge is 2.20. The Balaban J connectivity index is 1.58. The number of hydrogen-bond acceptors (Lipinski definition) is 3. The van der Waals surface area contributed by atoms with Crippen LogP contribution in [0.25, 0.3) is 53.5 Å². The molecule has 0 radical (unpaired) electrons. The van der Waals surface area contributed by atoms with Crippen LogP contribution in [0.15, 0.2) is 66.7 Å². The molecule has 1 nitrogen and oxygen atoms in total. The fraction of sp³-hybridized carbons (Fsp3) is 0.286. The maximum atomic E-state index is 5.22. The molecule has 38 heavy (non-hydrogen) atoms. The van der Waals surface area contributed by atoms with E-state index in [1.54, 1.807) is 11.3 Å². The van der Waals surface area contributed by atoms with Crippen LogP contribution in [-0.2, 0) is 11.8 Å². The van der Waals surface area contributed by atoms with Crippen molar-refractivity contribution in [2.24, 2.45) is 5.92 Å². The second kappa shape index (κ2) is 9.32. The molecule has 0 N–H and O–H groups in total. The van der Waals surface area contributed by atoms with Gasteiger partial charge in [0.1, 0.15) is 4.83 Å². The number of rotatable bonds is 4. The van der Waals surface area contributed by atoms with Crippen molar-refractivity contribution in [3.63, 3.8) is 0 Å². The number of fused-ring (bicyclic) bond motifs is 3. The molecule has 3 heterocycles. The highest BCUT2D eigenvalue weighted by atomic mass is 32.1. The molecule has 0 saturated carbocycles. The van der Waals surface area contributed by atoms with Gasteiger partial charge in [-0.1, -0.05) is 65.0 Å². The highest BCUT2D eigenvalue weighted by molar-refractivity contribution is 7.19. The minimum atomic E-state index is 0.0390. The van der Waals surface area contributed by atoms with Crippen molar-refractivity contribution in [2.75, 3.05) is 0 Å². The predicted molar refractivity (Wildman–Crippen MR) is 170 cm³/mol. The smallest absolute Gasteiger partial charge is 0.124 e. The summed E-state index contributed by atoms with van der Waals surface area (Å²) in [5.41, 5.74) is 7.64. The van der Waals surface area contributed by atoms with E-state index in [1.807, 2.05) is 11.3 Å². The molecular weight excluding hydrogens is 499 g/mol. The predicted octanol–water partition coefficient (Wildman–Crippen LogP) is 11.1. The Morgan fingerprint density at radius 2 is 1.58 bits per heavy atom. The SMILES string of the molecule is Cc1cc2c(-c3ccc4sc(CC(C)C)c(C)c4c3)cc(-c3cc(C(C)(C)C)c4ccccc4c3)nc2s1. The van der Waals surface area contributed by atoms with Crippen molar-refractivity contribution < 1.29 is 0 Å². The maximum absolute atomic E-state index is 5.22. The van der Waals surface area contributed by atoms with Gasteiger partial charge in [-0.25, -0.2) is 4.98 Å². The number of hydrogen-bond donors (Lipinski definition) is 0. The molecule has 192 valence electrons. The largest absolute Gasteiger partial charge is 0.237 e. The molecule has 0 atom stereocenters. The van der Waals surface area contributed by atoms with Crippen molar-refractivity contribution in [3.05, 3.63) is 87.6 Å². The van der Waals surface area contributed by atoms with Gasteiger partial charge in [-0.2, -0.15) is 0 Å². The van der Waals surface area contributed by atoms with Gasteiger partial charge in [0.25, 0.3) is 0 Å². The van der Waals surface area contributed by atoms with E-state index in [0.29, 0.717) is 5.92 Å². The maximum Gasteiger partial charge on any atom is 0.124 e. The molecule has 0 bridgehead atoms. The van der Waals surface area contributed by atoms with Gasteiger partial charge >= 0.3 is 0 Å². The van der Waals surface area contributed by atoms with Crippen LogP contribution in [0.5, 0.6) is 0 Å². The third kappa shape index (κ3) is 4.46. The van der Waals surface area contributed by atoms with E-state index in [4.69, 9.17) is 4.98 Å². The molecule has 6 aromatic rings. The fourth-order valence-corrected chi connectivity index (χ4v) is 7.91. The Labute approximate surface area is 234 Å². The molecule has 0 fully saturated rings. The third-order valence-corrected chi connectivity index (χ3v) is 9.77. The van der Waals surface area contributed by atoms with Crippen LogP contribution in [0.2, 0.25) is 0 Å². The van der Waals surface area contributed by atoms with Gasteiger partial charge in [0.15, 0.2) is 0 Å². The van der Waals surface area contributed by atoms with E-state index in [-0.39, 0.29) is 5.41 Å². The molecule has 3 aromatic heterocycles. The zero-order valence-electron chi connectivity index (χ0n) is 23.4. The molecule has 3 heteroatoms. The van der Waals surface area contributed by atoms with Crippen molar-refractivity contribution >= 4 is 53.7 Å². The fourth-order valence-electron chi connectivity index (χ4n) is 5.60. The Hall–Kier alpha value is -3.01. The number of aryl methyl sites for hydroxylation is 2. The summed E-state index contributed by atoms with van der Waals surface area (Å²) in [7, 11) is 0. The van der Waals surface area contributed by atoms with Crippen molar-refractivity contribution in [2.45, 2.75) is 60.3 Å². The summed E-state index contributed by atoms with van der Waals surface area (Å²) in [5.74, 6) is 0.664. The van der Waals surface area contributed by atoms with E-state index < -0.39 is 0 Å². The molecular formula is C35H35NS2. The Morgan fingerprint density at radius 1 is 0.789 bits per heavy atom. The first-order chi connectivity index (χ1) is 18.1. The second-order valence-electron chi connectivity index (χ2n) is 12.1. The number of thiophene rings is 2. The van der Waals surface area contributed by atoms with E-state index in [1.165, 1.54) is 63.8 Å². The first-order valence-electron chi connectivity index (χ1n) is 13.6. The lowest BCUT2D eigenvalue weighted by Crippen LogP contribution is -2.12. The summed E-state index contributed by atoms with van der Waals surface area (Å²) in [4.78, 5) is 9.15. The minimum absolute atomic E-state index is 0.0390. The summed E-state index contributed by atoms with van der Waals surface area (Å²) in [6.45, 7) is 16.0. The van der Waals surface area contributed by atoms with Crippen molar-refractivity contribution in [1.29, 1.82) is 0 Å². The molecule has 0 aliphatic carbocycles. The standard InChI is InChI=1S/C35H35NS2/c1-20(2)14-33-22(4)27-17-24(12-13-32(27)38-33)28-19-31(36-34-29(28)15-21(3)37-34)25-16-23-10-8-9-11-26(23)30(18-25)35(5,6)7/h8-13,15-20H,14H2,1-7H3. The lowest BCUT2D eigenvalue weighted by molar-refractivity contribution is 0.596. The van der Waals surface area contributed by atoms with E-state index in [0.717, 1.165) is 16.9 Å². The van der Waals surface area contributed by atoms with Gasteiger partial charge in [0, 0.05) is 25.4 Å². The average molecular weight is 534 g/mol. The molecule has 0 aliphatic heterocycles. The molecule has 6 rings (SSSR count). The van der Waals surface area contributed by atoms with Crippen LogP contribution in [0.3, 0.4) is 0 Å². The number of nitrogens with zero attached hydrogens (tertiary/aromatic N) is 1. The number of pyridine rings is 1. The van der Waals surface area contributed by atoms with Crippen molar-refractivity contribution in [1.82, 2.24) is 4.98 Å². The van der Waals surface area contributed by atoms with Crippen LogP contribution in [-0.4, -0.2) is 4.98 Å². The lowest BCUT2D eigenvalue weighted by Gasteiger charge is -2.23. The molecule has 0 saturated heterocycles. The Morgan fingerprint density at radius 3 is 2.34 bits per heavy atom. The molecule has 0 unspecified atom stereocenters. The quantitative estimate of drug-likeness (QED) is 0.220. The summed E-state index contributed by atoms with van der Waals surface area (Å²) in [5, 5.41) is 5.24. The van der Waals surface area contributed by atoms with Gasteiger partial charge in [0.2, 0.25) is 0 Å². The first-order valence-corrected chi connectivity index (χ1v) is 15.2. The van der Waals surface area contributed by atoms with Crippen LogP contribution >= 0.6 is 22.7 Å². The van der Waals surface area contributed by atoms with Crippen molar-refractivity contribution in [3.8, 4) is 22.4 Å². The monoisotopic (exact) mass is 533 g/mol. The third-order valence-electron chi connectivity index (χ3n) is 7.53. The van der Waals surface area contributed by atoms with Crippen LogP contribution in [0.4, 0.5) is 0 Å². The van der Waals surface area contributed by atoms with Crippen LogP contribution < -0.4 is 0 Å². The summed E-state index contributed by atoms with van der Waals surface area (Å²) >= 11 is 3.75. The van der Waals surface area contributed by atoms with E-state index in [2.05, 4.69) is 115 Å². The summed E-state index contributed by atoms with van der Waals surface area (Å²) in [6.07, 6.45) is 1.14. The first kappa shape index (κ1) is 25.3. The summed E-state index contributed by atoms with van der Waals surface area (Å²) in [6, 6.07) is 25.1. The highest BCUT2D eigenvalue weighted by Crippen LogP contribution is 2.41. The number of aromatic nitrogens is 1. The van der Waals surface area contributed by atoms with Gasteiger partial charge in [0.05, 0.1) is 5.69 Å². The zero-order chi connectivity index (χ0) is 26.8. The van der Waals surface area contributed by atoms with E-state index >= 15 is 0 Å². The Kier molecular flexibility index (Phi) is 6.20. The summed E-state index contributed by atoms with van der Waals surface area (Å²) < 4.78 is 1.39. The minimum Gasteiger partial charge on any atom is -0.237 e. The van der Waals surface area contributed by atoms with Crippen LogP contribution in [0, 0.1) is 19.8 Å². The van der Waals surface area contributed by atoms with Gasteiger partial charge in [-0.15, -0.1) is 22.7 Å². The second-order valence-corrected chi connectivity index (χ2v) is 14.5. The van der Waals surface area contributed by atoms with E-state index in [9.17, 15) is 0 Å². The van der Waals surface area contributed by atoms with Gasteiger partial charge in [-0.05, 0) is 106 Å². The Bertz CT molecular complexity index is 1820. The average Bonchev–Trinajstić information content (AvgIpc) is 3.40. The molecule has 3 aromatic carbocycles. The van der Waals surface area contributed by atoms with Gasteiger partial charge in [-0.3, -0.25) is 0 Å². The van der Waals surface area contributed by atoms with Gasteiger partial charge < -0.3 is 0 Å². The molecule has 0 spiro atoms. The number of benzene rings is 3.